The van der Waals surface area contributed by atoms with Crippen molar-refractivity contribution in [2.24, 2.45) is 5.92 Å². The molecule has 1 aromatic rings. The van der Waals surface area contributed by atoms with Gasteiger partial charge in [-0.25, -0.2) is 4.68 Å². The summed E-state index contributed by atoms with van der Waals surface area (Å²) in [5.74, 6) is -0.554. The van der Waals surface area contributed by atoms with Crippen LogP contribution < -0.4 is 5.32 Å². The van der Waals surface area contributed by atoms with Crippen molar-refractivity contribution >= 4 is 11.9 Å². The van der Waals surface area contributed by atoms with E-state index in [0.717, 1.165) is 0 Å². The van der Waals surface area contributed by atoms with Gasteiger partial charge in [-0.1, -0.05) is 13.8 Å². The second kappa shape index (κ2) is 6.67. The number of tetrazole rings is 1. The molecule has 1 aromatic heterocycles. The van der Waals surface area contributed by atoms with E-state index in [1.807, 2.05) is 20.8 Å². The molecule has 0 saturated heterocycles. The van der Waals surface area contributed by atoms with Crippen LogP contribution in [0.2, 0.25) is 0 Å². The van der Waals surface area contributed by atoms with Crippen LogP contribution in [-0.2, 0) is 20.9 Å². The number of carbonyl (C=O) groups excluding carboxylic acids is 2. The highest BCUT2D eigenvalue weighted by Gasteiger charge is 2.13. The number of nitrogens with one attached hydrogen (secondary N) is 1. The molecule has 1 atom stereocenters. The molecule has 0 aromatic carbocycles. The number of amides is 1. The van der Waals surface area contributed by atoms with E-state index in [0.29, 0.717) is 5.92 Å². The van der Waals surface area contributed by atoms with E-state index < -0.39 is 5.97 Å². The molecular formula is C10H17N5O3. The van der Waals surface area contributed by atoms with E-state index >= 15 is 0 Å². The molecule has 1 rings (SSSR count). The SMILES string of the molecule is CC(C)C(C)NC(=O)COC(=O)Cn1cnnn1. The Kier molecular flexibility index (Phi) is 5.22. The summed E-state index contributed by atoms with van der Waals surface area (Å²) < 4.78 is 6.01. The van der Waals surface area contributed by atoms with Crippen LogP contribution in [0.3, 0.4) is 0 Å². The summed E-state index contributed by atoms with van der Waals surface area (Å²) in [6, 6.07) is 0.0377. The average molecular weight is 255 g/mol. The van der Waals surface area contributed by atoms with E-state index in [2.05, 4.69) is 20.8 Å². The number of rotatable bonds is 6. The first-order valence-electron chi connectivity index (χ1n) is 5.64. The molecular weight excluding hydrogens is 238 g/mol. The third-order valence-electron chi connectivity index (χ3n) is 2.44. The molecule has 0 aliphatic carbocycles. The van der Waals surface area contributed by atoms with Gasteiger partial charge in [0.1, 0.15) is 12.9 Å². The van der Waals surface area contributed by atoms with Gasteiger partial charge in [0.25, 0.3) is 5.91 Å². The maximum absolute atomic E-state index is 11.4. The smallest absolute Gasteiger partial charge is 0.328 e. The molecule has 1 amide bonds. The van der Waals surface area contributed by atoms with E-state index in [4.69, 9.17) is 4.74 Å². The van der Waals surface area contributed by atoms with Gasteiger partial charge in [-0.05, 0) is 23.3 Å². The predicted molar refractivity (Wildman–Crippen MR) is 61.2 cm³/mol. The summed E-state index contributed by atoms with van der Waals surface area (Å²) in [5, 5.41) is 13.0. The van der Waals surface area contributed by atoms with Crippen molar-refractivity contribution in [3.8, 4) is 0 Å². The Morgan fingerprint density at radius 3 is 2.67 bits per heavy atom. The molecule has 8 nitrogen and oxygen atoms in total. The molecule has 0 spiro atoms. The first kappa shape index (κ1) is 14.1. The fourth-order valence-corrected chi connectivity index (χ4v) is 1.04. The molecule has 8 heteroatoms. The quantitative estimate of drug-likeness (QED) is 0.680. The number of nitrogens with zero attached hydrogens (tertiary/aromatic N) is 4. The molecule has 0 fully saturated rings. The average Bonchev–Trinajstić information content (AvgIpc) is 2.79. The molecule has 1 heterocycles. The third kappa shape index (κ3) is 4.89. The second-order valence-electron chi connectivity index (χ2n) is 4.27. The van der Waals surface area contributed by atoms with E-state index in [9.17, 15) is 9.59 Å². The Morgan fingerprint density at radius 2 is 2.11 bits per heavy atom. The molecule has 1 unspecified atom stereocenters. The number of hydrogen-bond acceptors (Lipinski definition) is 6. The van der Waals surface area contributed by atoms with Crippen LogP contribution in [0.1, 0.15) is 20.8 Å². The van der Waals surface area contributed by atoms with Crippen LogP contribution in [0.15, 0.2) is 6.33 Å². The Hall–Kier alpha value is -1.99. The molecule has 0 saturated carbocycles. The monoisotopic (exact) mass is 255 g/mol. The van der Waals surface area contributed by atoms with Crippen LogP contribution in [0, 0.1) is 5.92 Å². The van der Waals surface area contributed by atoms with Crippen molar-refractivity contribution in [3.05, 3.63) is 6.33 Å². The maximum atomic E-state index is 11.4. The molecule has 1 N–H and O–H groups in total. The lowest BCUT2D eigenvalue weighted by molar-refractivity contribution is -0.149. The summed E-state index contributed by atoms with van der Waals surface area (Å²) in [6.07, 6.45) is 1.29. The normalized spacial score (nSPS) is 12.2. The van der Waals surface area contributed by atoms with Gasteiger partial charge in [0.05, 0.1) is 0 Å². The van der Waals surface area contributed by atoms with Crippen molar-refractivity contribution in [2.45, 2.75) is 33.4 Å². The fourth-order valence-electron chi connectivity index (χ4n) is 1.04. The van der Waals surface area contributed by atoms with Gasteiger partial charge in [-0.15, -0.1) is 5.10 Å². The van der Waals surface area contributed by atoms with Gasteiger partial charge >= 0.3 is 5.97 Å². The minimum absolute atomic E-state index is 0.0377. The predicted octanol–water partition coefficient (Wildman–Crippen LogP) is -0.623. The van der Waals surface area contributed by atoms with Crippen molar-refractivity contribution in [1.29, 1.82) is 0 Å². The number of esters is 1. The third-order valence-corrected chi connectivity index (χ3v) is 2.44. The number of hydrogen-bond donors (Lipinski definition) is 1. The van der Waals surface area contributed by atoms with Gasteiger partial charge < -0.3 is 10.1 Å². The summed E-state index contributed by atoms with van der Waals surface area (Å²) in [6.45, 7) is 5.48. The molecule has 0 radical (unpaired) electrons. The van der Waals surface area contributed by atoms with Gasteiger partial charge in [-0.3, -0.25) is 9.59 Å². The lowest BCUT2D eigenvalue weighted by Gasteiger charge is -2.17. The Labute approximate surface area is 105 Å². The first-order chi connectivity index (χ1) is 8.49. The zero-order valence-corrected chi connectivity index (χ0v) is 10.7. The molecule has 0 aliphatic rings. The van der Waals surface area contributed by atoms with E-state index in [1.54, 1.807) is 0 Å². The highest BCUT2D eigenvalue weighted by Crippen LogP contribution is 1.99. The van der Waals surface area contributed by atoms with Crippen LogP contribution in [-0.4, -0.2) is 44.7 Å². The summed E-state index contributed by atoms with van der Waals surface area (Å²) in [7, 11) is 0. The zero-order chi connectivity index (χ0) is 13.5. The van der Waals surface area contributed by atoms with Crippen LogP contribution in [0.5, 0.6) is 0 Å². The van der Waals surface area contributed by atoms with Gasteiger partial charge in [0.2, 0.25) is 0 Å². The standard InChI is InChI=1S/C10H17N5O3/c1-7(2)8(3)12-9(16)5-18-10(17)4-15-6-11-13-14-15/h6-8H,4-5H2,1-3H3,(H,12,16). The number of aromatic nitrogens is 4. The van der Waals surface area contributed by atoms with Gasteiger partial charge in [0, 0.05) is 6.04 Å². The lowest BCUT2D eigenvalue weighted by Crippen LogP contribution is -2.38. The summed E-state index contributed by atoms with van der Waals surface area (Å²) in [5.41, 5.74) is 0. The second-order valence-corrected chi connectivity index (χ2v) is 4.27. The minimum Gasteiger partial charge on any atom is -0.454 e. The van der Waals surface area contributed by atoms with Crippen molar-refractivity contribution < 1.29 is 14.3 Å². The number of carbonyl (C=O) groups is 2. The number of ether oxygens (including phenoxy) is 1. The fraction of sp³-hybridized carbons (Fsp3) is 0.700. The first-order valence-corrected chi connectivity index (χ1v) is 5.64. The largest absolute Gasteiger partial charge is 0.454 e. The Bertz CT molecular complexity index is 390. The Morgan fingerprint density at radius 1 is 1.39 bits per heavy atom. The topological polar surface area (TPSA) is 99.0 Å². The van der Waals surface area contributed by atoms with Crippen molar-refractivity contribution in [3.63, 3.8) is 0 Å². The highest BCUT2D eigenvalue weighted by molar-refractivity contribution is 5.80. The van der Waals surface area contributed by atoms with Crippen LogP contribution >= 0.6 is 0 Å². The lowest BCUT2D eigenvalue weighted by atomic mass is 10.1. The Balaban J connectivity index is 2.24. The highest BCUT2D eigenvalue weighted by atomic mass is 16.5. The molecule has 0 bridgehead atoms. The van der Waals surface area contributed by atoms with Gasteiger partial charge in [0.15, 0.2) is 6.61 Å². The van der Waals surface area contributed by atoms with Gasteiger partial charge in [-0.2, -0.15) is 0 Å². The van der Waals surface area contributed by atoms with E-state index in [1.165, 1.54) is 11.0 Å². The van der Waals surface area contributed by atoms with Crippen LogP contribution in [0.25, 0.3) is 0 Å². The molecule has 0 aliphatic heterocycles. The van der Waals surface area contributed by atoms with Crippen LogP contribution in [0.4, 0.5) is 0 Å². The van der Waals surface area contributed by atoms with E-state index in [-0.39, 0.29) is 25.1 Å². The summed E-state index contributed by atoms with van der Waals surface area (Å²) in [4.78, 5) is 22.7. The maximum Gasteiger partial charge on any atom is 0.328 e. The van der Waals surface area contributed by atoms with Crippen molar-refractivity contribution in [2.75, 3.05) is 6.61 Å². The molecule has 18 heavy (non-hydrogen) atoms. The zero-order valence-electron chi connectivity index (χ0n) is 10.7. The summed E-state index contributed by atoms with van der Waals surface area (Å²) >= 11 is 0. The molecule has 100 valence electrons. The minimum atomic E-state index is -0.561. The van der Waals surface area contributed by atoms with Crippen molar-refractivity contribution in [1.82, 2.24) is 25.5 Å².